The average molecular weight is 357 g/mol. The van der Waals surface area contributed by atoms with Crippen LogP contribution in [0.2, 0.25) is 0 Å². The van der Waals surface area contributed by atoms with Crippen LogP contribution in [-0.2, 0) is 4.79 Å². The minimum atomic E-state index is -4.22. The van der Waals surface area contributed by atoms with Crippen molar-refractivity contribution in [3.05, 3.63) is 35.2 Å². The number of alkyl halides is 3. The van der Waals surface area contributed by atoms with Crippen molar-refractivity contribution in [2.24, 2.45) is 0 Å². The molecule has 0 spiro atoms. The smallest absolute Gasteiger partial charge is 0.301 e. The monoisotopic (exact) mass is 357 g/mol. The lowest BCUT2D eigenvalue weighted by Crippen LogP contribution is -2.32. The van der Waals surface area contributed by atoms with Gasteiger partial charge in [-0.1, -0.05) is 29.8 Å². The minimum Gasteiger partial charge on any atom is -0.301 e. The molecule has 1 amide bonds. The van der Waals surface area contributed by atoms with E-state index < -0.39 is 12.6 Å². The number of aryl methyl sites for hydroxylation is 1. The van der Waals surface area contributed by atoms with Crippen LogP contribution in [0.15, 0.2) is 29.6 Å². The molecule has 0 atom stereocenters. The summed E-state index contributed by atoms with van der Waals surface area (Å²) in [6.45, 7) is 1.66. The van der Waals surface area contributed by atoms with Gasteiger partial charge in [0, 0.05) is 17.5 Å². The zero-order valence-corrected chi connectivity index (χ0v) is 14.2. The first kappa shape index (κ1) is 18.4. The van der Waals surface area contributed by atoms with Gasteiger partial charge in [-0.05, 0) is 14.0 Å². The number of nitrogens with zero attached hydrogens (tertiary/aromatic N) is 2. The molecule has 130 valence electrons. The molecule has 0 bridgehead atoms. The van der Waals surface area contributed by atoms with Crippen molar-refractivity contribution in [2.45, 2.75) is 19.5 Å². The zero-order chi connectivity index (χ0) is 17.7. The maximum atomic E-state index is 12.2. The highest BCUT2D eigenvalue weighted by atomic mass is 32.1. The molecule has 0 unspecified atom stereocenters. The fourth-order valence-electron chi connectivity index (χ4n) is 1.99. The first-order valence-corrected chi connectivity index (χ1v) is 8.18. The second-order valence-corrected chi connectivity index (χ2v) is 6.41. The molecule has 0 radical (unpaired) electrons. The Morgan fingerprint density at radius 1 is 1.29 bits per heavy atom. The maximum Gasteiger partial charge on any atom is 0.390 e. The van der Waals surface area contributed by atoms with Gasteiger partial charge in [-0.25, -0.2) is 4.98 Å². The van der Waals surface area contributed by atoms with E-state index in [0.29, 0.717) is 5.13 Å². The van der Waals surface area contributed by atoms with Crippen LogP contribution in [0.1, 0.15) is 12.0 Å². The maximum absolute atomic E-state index is 12.2. The number of halogens is 3. The van der Waals surface area contributed by atoms with Gasteiger partial charge in [0.25, 0.3) is 0 Å². The molecular weight excluding hydrogens is 339 g/mol. The van der Waals surface area contributed by atoms with E-state index in [-0.39, 0.29) is 19.0 Å². The van der Waals surface area contributed by atoms with Crippen LogP contribution in [-0.4, -0.2) is 42.1 Å². The predicted molar refractivity (Wildman–Crippen MR) is 89.1 cm³/mol. The Bertz CT molecular complexity index is 683. The van der Waals surface area contributed by atoms with Gasteiger partial charge in [0.2, 0.25) is 5.91 Å². The number of aromatic nitrogens is 1. The molecule has 1 aromatic carbocycles. The van der Waals surface area contributed by atoms with Crippen molar-refractivity contribution in [2.75, 3.05) is 25.5 Å². The van der Waals surface area contributed by atoms with Crippen molar-refractivity contribution < 1.29 is 18.0 Å². The number of carbonyl (C=O) groups excluding carboxylic acids is 1. The summed E-state index contributed by atoms with van der Waals surface area (Å²) in [6, 6.07) is 7.84. The van der Waals surface area contributed by atoms with Crippen LogP contribution in [0.5, 0.6) is 0 Å². The Labute approximate surface area is 142 Å². The molecule has 1 N–H and O–H groups in total. The summed E-state index contributed by atoms with van der Waals surface area (Å²) < 4.78 is 36.5. The van der Waals surface area contributed by atoms with Crippen molar-refractivity contribution in [1.29, 1.82) is 0 Å². The largest absolute Gasteiger partial charge is 0.390 e. The van der Waals surface area contributed by atoms with Crippen molar-refractivity contribution in [1.82, 2.24) is 9.88 Å². The summed E-state index contributed by atoms with van der Waals surface area (Å²) in [5, 5.41) is 4.87. The molecule has 2 rings (SSSR count). The van der Waals surface area contributed by atoms with E-state index in [9.17, 15) is 18.0 Å². The first-order valence-electron chi connectivity index (χ1n) is 7.30. The third-order valence-electron chi connectivity index (χ3n) is 3.29. The molecule has 4 nitrogen and oxygen atoms in total. The number of benzene rings is 1. The lowest BCUT2D eigenvalue weighted by atomic mass is 10.1. The number of anilines is 1. The fourth-order valence-corrected chi connectivity index (χ4v) is 2.72. The molecular formula is C16H18F3N3OS. The van der Waals surface area contributed by atoms with Crippen LogP contribution < -0.4 is 5.32 Å². The van der Waals surface area contributed by atoms with Gasteiger partial charge in [-0.3, -0.25) is 9.69 Å². The Balaban J connectivity index is 1.87. The van der Waals surface area contributed by atoms with Gasteiger partial charge in [-0.15, -0.1) is 11.3 Å². The summed E-state index contributed by atoms with van der Waals surface area (Å²) >= 11 is 1.28. The highest BCUT2D eigenvalue weighted by Gasteiger charge is 2.27. The van der Waals surface area contributed by atoms with Gasteiger partial charge < -0.3 is 5.32 Å². The van der Waals surface area contributed by atoms with Crippen molar-refractivity contribution in [3.63, 3.8) is 0 Å². The Morgan fingerprint density at radius 2 is 1.96 bits per heavy atom. The molecule has 0 aliphatic rings. The average Bonchev–Trinajstić information content (AvgIpc) is 2.93. The molecule has 0 saturated heterocycles. The van der Waals surface area contributed by atoms with Gasteiger partial charge in [0.1, 0.15) is 0 Å². The van der Waals surface area contributed by atoms with Gasteiger partial charge in [0.05, 0.1) is 18.7 Å². The van der Waals surface area contributed by atoms with Gasteiger partial charge in [-0.2, -0.15) is 13.2 Å². The van der Waals surface area contributed by atoms with E-state index in [0.717, 1.165) is 16.8 Å². The van der Waals surface area contributed by atoms with Crippen molar-refractivity contribution in [3.8, 4) is 11.3 Å². The number of hydrogen-bond donors (Lipinski definition) is 1. The molecule has 8 heteroatoms. The Kier molecular flexibility index (Phi) is 5.95. The van der Waals surface area contributed by atoms with Crippen LogP contribution in [0.3, 0.4) is 0 Å². The molecule has 2 aromatic rings. The number of hydrogen-bond acceptors (Lipinski definition) is 4. The third-order valence-corrected chi connectivity index (χ3v) is 4.05. The number of carbonyl (C=O) groups is 1. The molecule has 1 heterocycles. The summed E-state index contributed by atoms with van der Waals surface area (Å²) in [4.78, 5) is 17.5. The lowest BCUT2D eigenvalue weighted by molar-refractivity contribution is -0.138. The fraction of sp³-hybridized carbons (Fsp3) is 0.375. The van der Waals surface area contributed by atoms with Crippen LogP contribution in [0.25, 0.3) is 11.3 Å². The van der Waals surface area contributed by atoms with Crippen LogP contribution in [0.4, 0.5) is 18.3 Å². The molecule has 1 aromatic heterocycles. The van der Waals surface area contributed by atoms with Crippen LogP contribution in [0, 0.1) is 6.92 Å². The van der Waals surface area contributed by atoms with E-state index in [4.69, 9.17) is 0 Å². The number of nitrogens with one attached hydrogen (secondary N) is 1. The first-order chi connectivity index (χ1) is 11.2. The van der Waals surface area contributed by atoms with E-state index in [2.05, 4.69) is 10.3 Å². The lowest BCUT2D eigenvalue weighted by Gasteiger charge is -2.16. The molecule has 0 aliphatic heterocycles. The summed E-state index contributed by atoms with van der Waals surface area (Å²) in [7, 11) is 1.48. The normalized spacial score (nSPS) is 11.8. The summed E-state index contributed by atoms with van der Waals surface area (Å²) in [5.41, 5.74) is 2.84. The Hall–Kier alpha value is -1.93. The number of rotatable bonds is 6. The van der Waals surface area contributed by atoms with E-state index >= 15 is 0 Å². The molecule has 0 fully saturated rings. The number of likely N-dealkylation sites (N-methyl/N-ethyl adjacent to an activating group) is 1. The van der Waals surface area contributed by atoms with E-state index in [1.807, 2.05) is 36.6 Å². The number of thiazole rings is 1. The van der Waals surface area contributed by atoms with E-state index in [1.54, 1.807) is 0 Å². The highest BCUT2D eigenvalue weighted by molar-refractivity contribution is 7.14. The zero-order valence-electron chi connectivity index (χ0n) is 13.4. The van der Waals surface area contributed by atoms with Crippen LogP contribution >= 0.6 is 11.3 Å². The number of amides is 1. The topological polar surface area (TPSA) is 45.2 Å². The second kappa shape index (κ2) is 7.76. The highest BCUT2D eigenvalue weighted by Crippen LogP contribution is 2.25. The summed E-state index contributed by atoms with van der Waals surface area (Å²) in [5.74, 6) is -0.385. The molecule has 24 heavy (non-hydrogen) atoms. The minimum absolute atomic E-state index is 0.116. The predicted octanol–water partition coefficient (Wildman–Crippen LogP) is 3.94. The van der Waals surface area contributed by atoms with E-state index in [1.165, 1.54) is 23.3 Å². The van der Waals surface area contributed by atoms with Gasteiger partial charge in [0.15, 0.2) is 5.13 Å². The van der Waals surface area contributed by atoms with Gasteiger partial charge >= 0.3 is 6.18 Å². The van der Waals surface area contributed by atoms with Crippen molar-refractivity contribution >= 4 is 22.4 Å². The summed E-state index contributed by atoms with van der Waals surface area (Å²) in [6.07, 6.45) is -5.16. The second-order valence-electron chi connectivity index (χ2n) is 5.56. The molecule has 0 aliphatic carbocycles. The third kappa shape index (κ3) is 5.93. The SMILES string of the molecule is Cc1ccc(-c2csc(NC(=O)CN(C)CCC(F)(F)F)n2)cc1. The molecule has 0 saturated carbocycles. The standard InChI is InChI=1S/C16H18F3N3OS/c1-11-3-5-12(6-4-11)13-10-24-15(20-13)21-14(23)9-22(2)8-7-16(17,18)19/h3-6,10H,7-9H2,1-2H3,(H,20,21,23). The Morgan fingerprint density at radius 3 is 2.58 bits per heavy atom. The quantitative estimate of drug-likeness (QED) is 0.852.